The number of hydrogen-bond acceptors (Lipinski definition) is 3. The van der Waals surface area contributed by atoms with Crippen LogP contribution in [-0.2, 0) is 10.4 Å². The van der Waals surface area contributed by atoms with E-state index in [0.717, 1.165) is 16.7 Å². The van der Waals surface area contributed by atoms with Crippen LogP contribution in [-0.4, -0.2) is 16.2 Å². The zero-order valence-corrected chi connectivity index (χ0v) is 13.3. The number of carbonyl (C=O) groups is 1. The van der Waals surface area contributed by atoms with Crippen molar-refractivity contribution in [3.8, 4) is 11.1 Å². The molecule has 0 aliphatic carbocycles. The van der Waals surface area contributed by atoms with Crippen LogP contribution in [0.5, 0.6) is 0 Å². The fourth-order valence-electron chi connectivity index (χ4n) is 2.61. The molecular weight excluding hydrogens is 290 g/mol. The van der Waals surface area contributed by atoms with Gasteiger partial charge >= 0.3 is 0 Å². The minimum absolute atomic E-state index is 0.263. The van der Waals surface area contributed by atoms with Crippen molar-refractivity contribution in [1.29, 1.82) is 0 Å². The van der Waals surface area contributed by atoms with E-state index in [1.54, 1.807) is 12.4 Å². The lowest BCUT2D eigenvalue weighted by molar-refractivity contribution is -0.129. The zero-order chi connectivity index (χ0) is 16.7. The SMILES string of the molecule is CC(O)(CCCCC(=O)NO)c1ccc(-c2ccccc2)cc1. The largest absolute Gasteiger partial charge is 0.385 e. The molecule has 0 aliphatic heterocycles. The maximum Gasteiger partial charge on any atom is 0.243 e. The number of nitrogens with one attached hydrogen (secondary N) is 1. The summed E-state index contributed by atoms with van der Waals surface area (Å²) in [4.78, 5) is 11.0. The van der Waals surface area contributed by atoms with Crippen LogP contribution in [0.25, 0.3) is 11.1 Å². The minimum Gasteiger partial charge on any atom is -0.385 e. The van der Waals surface area contributed by atoms with Crippen molar-refractivity contribution < 1.29 is 15.1 Å². The number of benzene rings is 2. The van der Waals surface area contributed by atoms with Crippen LogP contribution in [0.15, 0.2) is 54.6 Å². The molecule has 2 aromatic rings. The van der Waals surface area contributed by atoms with Crippen molar-refractivity contribution >= 4 is 5.91 Å². The first-order valence-electron chi connectivity index (χ1n) is 7.84. The Labute approximate surface area is 136 Å². The van der Waals surface area contributed by atoms with Gasteiger partial charge in [-0.25, -0.2) is 5.48 Å². The second kappa shape index (κ2) is 7.90. The molecule has 3 N–H and O–H groups in total. The average molecular weight is 313 g/mol. The van der Waals surface area contributed by atoms with Crippen molar-refractivity contribution in [2.24, 2.45) is 0 Å². The van der Waals surface area contributed by atoms with Gasteiger partial charge in [-0.3, -0.25) is 10.0 Å². The Kier molecular flexibility index (Phi) is 5.90. The topological polar surface area (TPSA) is 69.6 Å². The lowest BCUT2D eigenvalue weighted by Crippen LogP contribution is -2.22. The highest BCUT2D eigenvalue weighted by Gasteiger charge is 2.22. The maximum absolute atomic E-state index is 11.0. The van der Waals surface area contributed by atoms with E-state index in [1.807, 2.05) is 42.5 Å². The minimum atomic E-state index is -0.926. The normalized spacial score (nSPS) is 13.3. The molecule has 0 aliphatic rings. The molecular formula is C19H23NO3. The summed E-state index contributed by atoms with van der Waals surface area (Å²) in [6.07, 6.45) is 2.17. The van der Waals surface area contributed by atoms with Crippen LogP contribution < -0.4 is 5.48 Å². The molecule has 0 saturated carbocycles. The third-order valence-corrected chi connectivity index (χ3v) is 4.06. The second-order valence-electron chi connectivity index (χ2n) is 5.96. The third kappa shape index (κ3) is 4.91. The Hall–Kier alpha value is -2.17. The van der Waals surface area contributed by atoms with Gasteiger partial charge in [0.15, 0.2) is 0 Å². The highest BCUT2D eigenvalue weighted by Crippen LogP contribution is 2.29. The number of aliphatic hydroxyl groups is 1. The molecule has 0 heterocycles. The summed E-state index contributed by atoms with van der Waals surface area (Å²) >= 11 is 0. The summed E-state index contributed by atoms with van der Waals surface area (Å²) in [5.74, 6) is -0.392. The summed E-state index contributed by atoms with van der Waals surface area (Å²) in [7, 11) is 0. The molecule has 4 nitrogen and oxygen atoms in total. The predicted molar refractivity (Wildman–Crippen MR) is 89.8 cm³/mol. The van der Waals surface area contributed by atoms with Gasteiger partial charge in [0, 0.05) is 6.42 Å². The van der Waals surface area contributed by atoms with Gasteiger partial charge < -0.3 is 5.11 Å². The summed E-state index contributed by atoms with van der Waals surface area (Å²) in [5.41, 5.74) is 3.82. The quantitative estimate of drug-likeness (QED) is 0.415. The lowest BCUT2D eigenvalue weighted by atomic mass is 9.89. The Balaban J connectivity index is 1.96. The monoisotopic (exact) mass is 313 g/mol. The van der Waals surface area contributed by atoms with E-state index in [1.165, 1.54) is 0 Å². The van der Waals surface area contributed by atoms with Crippen LogP contribution in [0.1, 0.15) is 38.2 Å². The molecule has 1 unspecified atom stereocenters. The Morgan fingerprint density at radius 1 is 1.00 bits per heavy atom. The van der Waals surface area contributed by atoms with Gasteiger partial charge in [-0.05, 0) is 42.9 Å². The first-order chi connectivity index (χ1) is 11.0. The maximum atomic E-state index is 11.0. The summed E-state index contributed by atoms with van der Waals surface area (Å²) in [5, 5.41) is 19.1. The van der Waals surface area contributed by atoms with E-state index < -0.39 is 11.5 Å². The van der Waals surface area contributed by atoms with Crippen LogP contribution >= 0.6 is 0 Å². The summed E-state index contributed by atoms with van der Waals surface area (Å²) in [6, 6.07) is 18.0. The van der Waals surface area contributed by atoms with Crippen molar-refractivity contribution in [3.05, 3.63) is 60.2 Å². The fourth-order valence-corrected chi connectivity index (χ4v) is 2.61. The number of carbonyl (C=O) groups excluding carboxylic acids is 1. The Morgan fingerprint density at radius 2 is 1.61 bits per heavy atom. The number of hydroxylamine groups is 1. The smallest absolute Gasteiger partial charge is 0.243 e. The molecule has 122 valence electrons. The van der Waals surface area contributed by atoms with Crippen molar-refractivity contribution in [2.45, 2.75) is 38.2 Å². The Morgan fingerprint density at radius 3 is 2.22 bits per heavy atom. The van der Waals surface area contributed by atoms with Crippen LogP contribution in [0.4, 0.5) is 0 Å². The van der Waals surface area contributed by atoms with Gasteiger partial charge in [-0.15, -0.1) is 0 Å². The van der Waals surface area contributed by atoms with Gasteiger partial charge in [0.05, 0.1) is 5.60 Å². The third-order valence-electron chi connectivity index (χ3n) is 4.06. The van der Waals surface area contributed by atoms with Crippen molar-refractivity contribution in [2.75, 3.05) is 0 Å². The molecule has 4 heteroatoms. The molecule has 0 fully saturated rings. The fraction of sp³-hybridized carbons (Fsp3) is 0.316. The zero-order valence-electron chi connectivity index (χ0n) is 13.3. The number of hydrogen-bond donors (Lipinski definition) is 3. The molecule has 23 heavy (non-hydrogen) atoms. The molecule has 0 saturated heterocycles. The molecule has 1 atom stereocenters. The first-order valence-corrected chi connectivity index (χ1v) is 7.84. The number of amides is 1. The van der Waals surface area contributed by atoms with E-state index in [4.69, 9.17) is 5.21 Å². The number of unbranched alkanes of at least 4 members (excludes halogenated alkanes) is 1. The van der Waals surface area contributed by atoms with E-state index in [0.29, 0.717) is 19.3 Å². The van der Waals surface area contributed by atoms with Crippen LogP contribution in [0, 0.1) is 0 Å². The standard InChI is InChI=1S/C19H23NO3/c1-19(22,14-6-5-9-18(21)20-23)17-12-10-16(11-13-17)15-7-3-2-4-8-15/h2-4,7-8,10-13,22-23H,5-6,9,14H2,1H3,(H,20,21). The van der Waals surface area contributed by atoms with Gasteiger partial charge in [0.25, 0.3) is 0 Å². The summed E-state index contributed by atoms with van der Waals surface area (Å²) in [6.45, 7) is 1.79. The van der Waals surface area contributed by atoms with E-state index in [-0.39, 0.29) is 6.42 Å². The lowest BCUT2D eigenvalue weighted by Gasteiger charge is -2.24. The molecule has 0 spiro atoms. The Bertz CT molecular complexity index is 621. The highest BCUT2D eigenvalue weighted by atomic mass is 16.5. The van der Waals surface area contributed by atoms with Crippen molar-refractivity contribution in [1.82, 2.24) is 5.48 Å². The number of rotatable bonds is 7. The molecule has 0 radical (unpaired) electrons. The van der Waals surface area contributed by atoms with E-state index in [9.17, 15) is 9.90 Å². The van der Waals surface area contributed by atoms with Gasteiger partial charge in [-0.2, -0.15) is 0 Å². The molecule has 0 aromatic heterocycles. The first kappa shape index (κ1) is 17.2. The van der Waals surface area contributed by atoms with Crippen molar-refractivity contribution in [3.63, 3.8) is 0 Å². The average Bonchev–Trinajstić information content (AvgIpc) is 2.59. The second-order valence-corrected chi connectivity index (χ2v) is 5.96. The summed E-state index contributed by atoms with van der Waals surface area (Å²) < 4.78 is 0. The van der Waals surface area contributed by atoms with Crippen LogP contribution in [0.2, 0.25) is 0 Å². The van der Waals surface area contributed by atoms with Crippen LogP contribution in [0.3, 0.4) is 0 Å². The van der Waals surface area contributed by atoms with Gasteiger partial charge in [0.2, 0.25) is 5.91 Å². The van der Waals surface area contributed by atoms with E-state index in [2.05, 4.69) is 12.1 Å². The molecule has 2 rings (SSSR count). The van der Waals surface area contributed by atoms with E-state index >= 15 is 0 Å². The van der Waals surface area contributed by atoms with Gasteiger partial charge in [-0.1, -0.05) is 54.6 Å². The highest BCUT2D eigenvalue weighted by molar-refractivity contribution is 5.74. The predicted octanol–water partition coefficient (Wildman–Crippen LogP) is 3.63. The molecule has 1 amide bonds. The van der Waals surface area contributed by atoms with Gasteiger partial charge in [0.1, 0.15) is 0 Å². The molecule has 0 bridgehead atoms. The molecule has 2 aromatic carbocycles.